The smallest absolute Gasteiger partial charge is 0.340 e. The number of aromatic nitrogens is 1. The van der Waals surface area contributed by atoms with Gasteiger partial charge < -0.3 is 15.0 Å². The van der Waals surface area contributed by atoms with Gasteiger partial charge in [0.2, 0.25) is 0 Å². The van der Waals surface area contributed by atoms with E-state index in [9.17, 15) is 4.79 Å². The van der Waals surface area contributed by atoms with Crippen LogP contribution in [0.1, 0.15) is 60.6 Å². The molecule has 1 heterocycles. The van der Waals surface area contributed by atoms with Crippen LogP contribution in [0.3, 0.4) is 0 Å². The fraction of sp³-hybridized carbons (Fsp3) is 0.450. The summed E-state index contributed by atoms with van der Waals surface area (Å²) in [6.45, 7) is 2.50. The fourth-order valence-electron chi connectivity index (χ4n) is 3.64. The first kappa shape index (κ1) is 16.8. The van der Waals surface area contributed by atoms with Gasteiger partial charge in [-0.2, -0.15) is 0 Å². The molecule has 0 saturated heterocycles. The second kappa shape index (κ2) is 7.22. The van der Waals surface area contributed by atoms with Crippen molar-refractivity contribution in [3.8, 4) is 0 Å². The van der Waals surface area contributed by atoms with Crippen molar-refractivity contribution in [3.05, 3.63) is 41.1 Å². The van der Waals surface area contributed by atoms with Gasteiger partial charge in [-0.25, -0.2) is 4.79 Å². The van der Waals surface area contributed by atoms with Crippen LogP contribution in [0.25, 0.3) is 16.5 Å². The Morgan fingerprint density at radius 2 is 2.12 bits per heavy atom. The summed E-state index contributed by atoms with van der Waals surface area (Å²) >= 11 is 0. The molecule has 0 atom stereocenters. The van der Waals surface area contributed by atoms with Crippen LogP contribution < -0.4 is 5.73 Å². The van der Waals surface area contributed by atoms with Crippen LogP contribution >= 0.6 is 0 Å². The molecule has 4 heteroatoms. The highest BCUT2D eigenvalue weighted by Crippen LogP contribution is 2.32. The summed E-state index contributed by atoms with van der Waals surface area (Å²) in [6, 6.07) is 6.36. The van der Waals surface area contributed by atoms with Crippen molar-refractivity contribution in [2.24, 2.45) is 12.8 Å². The summed E-state index contributed by atoms with van der Waals surface area (Å²) in [6.07, 6.45) is 8.48. The molecule has 2 N–H and O–H groups in total. The van der Waals surface area contributed by atoms with Crippen molar-refractivity contribution >= 4 is 22.4 Å². The number of aryl methyl sites for hydroxylation is 1. The van der Waals surface area contributed by atoms with Crippen molar-refractivity contribution in [1.82, 2.24) is 4.57 Å². The van der Waals surface area contributed by atoms with E-state index in [2.05, 4.69) is 18.2 Å². The van der Waals surface area contributed by atoms with Gasteiger partial charge >= 0.3 is 5.97 Å². The molecule has 128 valence electrons. The molecule has 0 amide bonds. The molecular formula is C20H26N2O2. The van der Waals surface area contributed by atoms with E-state index in [4.69, 9.17) is 10.5 Å². The lowest BCUT2D eigenvalue weighted by molar-refractivity contribution is 0.0527. The van der Waals surface area contributed by atoms with E-state index in [1.165, 1.54) is 30.4 Å². The molecule has 0 unspecified atom stereocenters. The van der Waals surface area contributed by atoms with Crippen LogP contribution in [0.4, 0.5) is 0 Å². The average molecular weight is 326 g/mol. The molecule has 24 heavy (non-hydrogen) atoms. The van der Waals surface area contributed by atoms with E-state index in [1.54, 1.807) is 0 Å². The van der Waals surface area contributed by atoms with Gasteiger partial charge in [0, 0.05) is 30.2 Å². The summed E-state index contributed by atoms with van der Waals surface area (Å²) in [5, 5.41) is 0.925. The monoisotopic (exact) mass is 326 g/mol. The van der Waals surface area contributed by atoms with Gasteiger partial charge in [-0.3, -0.25) is 0 Å². The highest BCUT2D eigenvalue weighted by atomic mass is 16.5. The Labute approximate surface area is 143 Å². The van der Waals surface area contributed by atoms with Crippen LogP contribution in [-0.2, 0) is 18.3 Å². The first-order valence-corrected chi connectivity index (χ1v) is 8.85. The number of esters is 1. The molecule has 0 spiro atoms. The van der Waals surface area contributed by atoms with Crippen molar-refractivity contribution in [2.45, 2.75) is 45.6 Å². The average Bonchev–Trinajstić information content (AvgIpc) is 2.75. The molecule has 1 aliphatic rings. The molecule has 0 saturated carbocycles. The van der Waals surface area contributed by atoms with Crippen LogP contribution in [0.15, 0.2) is 24.3 Å². The van der Waals surface area contributed by atoms with Crippen molar-refractivity contribution in [2.75, 3.05) is 6.61 Å². The summed E-state index contributed by atoms with van der Waals surface area (Å²) in [7, 11) is 1.97. The molecule has 0 fully saturated rings. The predicted molar refractivity (Wildman–Crippen MR) is 97.8 cm³/mol. The lowest BCUT2D eigenvalue weighted by atomic mass is 9.99. The third kappa shape index (κ3) is 2.98. The molecule has 1 aromatic carbocycles. The van der Waals surface area contributed by atoms with E-state index < -0.39 is 0 Å². The van der Waals surface area contributed by atoms with Gasteiger partial charge in [0.1, 0.15) is 0 Å². The summed E-state index contributed by atoms with van der Waals surface area (Å²) < 4.78 is 7.27. The minimum atomic E-state index is -0.287. The number of carbonyl (C=O) groups is 1. The maximum absolute atomic E-state index is 12.4. The van der Waals surface area contributed by atoms with Gasteiger partial charge in [-0.15, -0.1) is 0 Å². The Balaban J connectivity index is 2.12. The molecule has 0 radical (unpaired) electrons. The molecule has 4 nitrogen and oxygen atoms in total. The third-order valence-electron chi connectivity index (χ3n) is 4.91. The SMILES string of the molecule is CCOC(=O)c1c(CN)n(C)c2cc(C3=CCCCCC3)ccc12. The second-order valence-electron chi connectivity index (χ2n) is 6.37. The van der Waals surface area contributed by atoms with Crippen LogP contribution in [0.2, 0.25) is 0 Å². The number of allylic oxidation sites excluding steroid dienone is 2. The summed E-state index contributed by atoms with van der Waals surface area (Å²) in [5.41, 5.74) is 11.1. The predicted octanol–water partition coefficient (Wildman–Crippen LogP) is 4.16. The van der Waals surface area contributed by atoms with E-state index in [1.807, 2.05) is 24.6 Å². The Hall–Kier alpha value is -2.07. The van der Waals surface area contributed by atoms with Gasteiger partial charge in [-0.05, 0) is 49.8 Å². The number of fused-ring (bicyclic) bond motifs is 1. The van der Waals surface area contributed by atoms with Gasteiger partial charge in [0.15, 0.2) is 0 Å². The zero-order valence-electron chi connectivity index (χ0n) is 14.6. The number of rotatable bonds is 4. The van der Waals surface area contributed by atoms with Gasteiger partial charge in [0.05, 0.1) is 12.2 Å². The van der Waals surface area contributed by atoms with Crippen LogP contribution in [0.5, 0.6) is 0 Å². The quantitative estimate of drug-likeness (QED) is 0.858. The molecule has 1 aromatic heterocycles. The van der Waals surface area contributed by atoms with E-state index in [0.29, 0.717) is 18.7 Å². The lowest BCUT2D eigenvalue weighted by Crippen LogP contribution is -2.12. The van der Waals surface area contributed by atoms with Crippen LogP contribution in [0, 0.1) is 0 Å². The molecular weight excluding hydrogens is 300 g/mol. The number of hydrogen-bond donors (Lipinski definition) is 1. The van der Waals surface area contributed by atoms with Gasteiger partial charge in [0.25, 0.3) is 0 Å². The molecule has 3 rings (SSSR count). The highest BCUT2D eigenvalue weighted by Gasteiger charge is 2.21. The minimum absolute atomic E-state index is 0.287. The van der Waals surface area contributed by atoms with Gasteiger partial charge in [-0.1, -0.05) is 24.6 Å². The summed E-state index contributed by atoms with van der Waals surface area (Å²) in [4.78, 5) is 12.4. The molecule has 0 bridgehead atoms. The normalized spacial score (nSPS) is 15.2. The van der Waals surface area contributed by atoms with E-state index in [-0.39, 0.29) is 5.97 Å². The van der Waals surface area contributed by atoms with Crippen molar-refractivity contribution in [3.63, 3.8) is 0 Å². The minimum Gasteiger partial charge on any atom is -0.462 e. The molecule has 2 aromatic rings. The largest absolute Gasteiger partial charge is 0.462 e. The highest BCUT2D eigenvalue weighted by molar-refractivity contribution is 6.06. The zero-order chi connectivity index (χ0) is 17.1. The first-order valence-electron chi connectivity index (χ1n) is 8.85. The second-order valence-corrected chi connectivity index (χ2v) is 6.37. The maximum Gasteiger partial charge on any atom is 0.340 e. The summed E-state index contributed by atoms with van der Waals surface area (Å²) in [5.74, 6) is -0.287. The lowest BCUT2D eigenvalue weighted by Gasteiger charge is -2.07. The Morgan fingerprint density at radius 3 is 2.88 bits per heavy atom. The van der Waals surface area contributed by atoms with Crippen molar-refractivity contribution in [1.29, 1.82) is 0 Å². The topological polar surface area (TPSA) is 57.2 Å². The number of carbonyl (C=O) groups excluding carboxylic acids is 1. The van der Waals surface area contributed by atoms with E-state index in [0.717, 1.165) is 29.4 Å². The Bertz CT molecular complexity index is 787. The standard InChI is InChI=1S/C20H26N2O2/c1-3-24-20(23)19-16-11-10-15(14-8-6-4-5-7-9-14)12-17(16)22(2)18(19)13-21/h8,10-12H,3-7,9,13,21H2,1-2H3. The first-order chi connectivity index (χ1) is 11.7. The maximum atomic E-state index is 12.4. The molecule has 1 aliphatic carbocycles. The zero-order valence-corrected chi connectivity index (χ0v) is 14.6. The van der Waals surface area contributed by atoms with Crippen LogP contribution in [-0.4, -0.2) is 17.1 Å². The Morgan fingerprint density at radius 1 is 1.29 bits per heavy atom. The number of nitrogens with zero attached hydrogens (tertiary/aromatic N) is 1. The van der Waals surface area contributed by atoms with Crippen molar-refractivity contribution < 1.29 is 9.53 Å². The Kier molecular flexibility index (Phi) is 5.05. The fourth-order valence-corrected chi connectivity index (χ4v) is 3.64. The third-order valence-corrected chi connectivity index (χ3v) is 4.91. The number of benzene rings is 1. The van der Waals surface area contributed by atoms with E-state index >= 15 is 0 Å². The molecule has 0 aliphatic heterocycles. The number of hydrogen-bond acceptors (Lipinski definition) is 3. The number of nitrogens with two attached hydrogens (primary N) is 1. The number of ether oxygens (including phenoxy) is 1.